The van der Waals surface area contributed by atoms with Crippen LogP contribution in [0.15, 0.2) is 59.5 Å². The van der Waals surface area contributed by atoms with Crippen molar-refractivity contribution in [2.45, 2.75) is 36.3 Å². The third kappa shape index (κ3) is 7.43. The summed E-state index contributed by atoms with van der Waals surface area (Å²) in [6.45, 7) is 2.16. The van der Waals surface area contributed by atoms with Gasteiger partial charge in [0.05, 0.1) is 43.9 Å². The Morgan fingerprint density at radius 1 is 0.915 bits per heavy atom. The first-order chi connectivity index (χ1) is 22.4. The number of thioether (sulfide) groups is 1. The number of hydrogen-bond acceptors (Lipinski definition) is 7. The van der Waals surface area contributed by atoms with Crippen LogP contribution in [0.3, 0.4) is 0 Å². The molecular formula is C33H26Cl4N2O6S2. The number of ether oxygens (including phenoxy) is 1. The molecule has 2 unspecified atom stereocenters. The third-order valence-corrected chi connectivity index (χ3v) is 11.8. The molecule has 3 N–H and O–H groups in total. The molecule has 0 saturated carbocycles. The van der Waals surface area contributed by atoms with Gasteiger partial charge in [0.15, 0.2) is 0 Å². The Kier molecular flexibility index (Phi) is 11.1. The number of carboxylic acid groups (broad SMARTS) is 1. The van der Waals surface area contributed by atoms with Crippen molar-refractivity contribution in [3.63, 3.8) is 0 Å². The minimum atomic E-state index is -1.52. The second-order valence-corrected chi connectivity index (χ2v) is 14.5. The van der Waals surface area contributed by atoms with Crippen LogP contribution in [0.4, 0.5) is 10.7 Å². The van der Waals surface area contributed by atoms with Gasteiger partial charge in [-0.15, -0.1) is 23.1 Å². The lowest BCUT2D eigenvalue weighted by molar-refractivity contribution is -0.115. The molecule has 47 heavy (non-hydrogen) atoms. The van der Waals surface area contributed by atoms with Crippen LogP contribution in [0.2, 0.25) is 20.1 Å². The number of hydrogen-bond donors (Lipinski definition) is 3. The van der Waals surface area contributed by atoms with Crippen molar-refractivity contribution >= 4 is 104 Å². The van der Waals surface area contributed by atoms with Crippen LogP contribution in [0, 0.1) is 5.92 Å². The number of thiophene rings is 1. The fourth-order valence-electron chi connectivity index (χ4n) is 5.26. The Labute approximate surface area is 298 Å². The van der Waals surface area contributed by atoms with E-state index in [1.54, 1.807) is 24.3 Å². The lowest BCUT2D eigenvalue weighted by Crippen LogP contribution is -2.20. The van der Waals surface area contributed by atoms with Crippen LogP contribution in [-0.2, 0) is 22.4 Å². The van der Waals surface area contributed by atoms with Gasteiger partial charge < -0.3 is 20.5 Å². The zero-order valence-electron chi connectivity index (χ0n) is 24.8. The number of carboxylic acids is 1. The van der Waals surface area contributed by atoms with Gasteiger partial charge in [-0.3, -0.25) is 9.59 Å². The summed E-state index contributed by atoms with van der Waals surface area (Å²) in [5.41, 5.74) is 1.28. The number of carbonyl (C=O) groups excluding carboxylic acids is 3. The number of anilines is 2. The second-order valence-electron chi connectivity index (χ2n) is 10.7. The number of fused-ring (bicyclic) bond motifs is 1. The molecule has 0 bridgehead atoms. The molecule has 2 amide bonds. The van der Waals surface area contributed by atoms with Gasteiger partial charge >= 0.3 is 11.9 Å². The highest BCUT2D eigenvalue weighted by atomic mass is 35.5. The van der Waals surface area contributed by atoms with Crippen molar-refractivity contribution < 1.29 is 29.0 Å². The van der Waals surface area contributed by atoms with E-state index in [-0.39, 0.29) is 26.7 Å². The van der Waals surface area contributed by atoms with E-state index in [1.807, 2.05) is 30.3 Å². The monoisotopic (exact) mass is 750 g/mol. The van der Waals surface area contributed by atoms with Crippen molar-refractivity contribution in [2.75, 3.05) is 17.7 Å². The number of methoxy groups -OCH3 is 1. The minimum absolute atomic E-state index is 0.258. The number of rotatable bonds is 9. The lowest BCUT2D eigenvalue weighted by atomic mass is 9.88. The van der Waals surface area contributed by atoms with Gasteiger partial charge in [0.2, 0.25) is 5.91 Å². The molecule has 1 heterocycles. The number of halogens is 4. The Bertz CT molecular complexity index is 1900. The number of amides is 2. The van der Waals surface area contributed by atoms with E-state index >= 15 is 0 Å². The first kappa shape index (κ1) is 35.1. The van der Waals surface area contributed by atoms with Gasteiger partial charge in [0.1, 0.15) is 10.3 Å². The summed E-state index contributed by atoms with van der Waals surface area (Å²) < 4.78 is 5.09. The molecule has 0 aliphatic heterocycles. The number of esters is 1. The quantitative estimate of drug-likeness (QED) is 0.0674. The van der Waals surface area contributed by atoms with Crippen LogP contribution >= 0.6 is 69.5 Å². The summed E-state index contributed by atoms with van der Waals surface area (Å²) in [4.78, 5) is 53.8. The summed E-state index contributed by atoms with van der Waals surface area (Å²) in [5.74, 6) is -2.77. The van der Waals surface area contributed by atoms with E-state index in [0.29, 0.717) is 26.9 Å². The van der Waals surface area contributed by atoms with E-state index in [4.69, 9.17) is 51.1 Å². The highest BCUT2D eigenvalue weighted by molar-refractivity contribution is 8.00. The van der Waals surface area contributed by atoms with Gasteiger partial charge in [-0.2, -0.15) is 0 Å². The van der Waals surface area contributed by atoms with Crippen molar-refractivity contribution in [1.29, 1.82) is 0 Å². The maximum Gasteiger partial charge on any atom is 0.341 e. The van der Waals surface area contributed by atoms with Crippen LogP contribution < -0.4 is 10.6 Å². The largest absolute Gasteiger partial charge is 0.478 e. The number of aromatic carboxylic acids is 1. The Morgan fingerprint density at radius 3 is 2.26 bits per heavy atom. The first-order valence-electron chi connectivity index (χ1n) is 14.2. The Hall–Kier alpha value is -3.25. The van der Waals surface area contributed by atoms with Crippen LogP contribution in [-0.4, -0.2) is 36.0 Å². The second kappa shape index (κ2) is 14.9. The molecule has 4 aromatic rings. The fraction of sp³-hybridized carbons (Fsp3) is 0.212. The van der Waals surface area contributed by atoms with Crippen LogP contribution in [0.5, 0.6) is 0 Å². The van der Waals surface area contributed by atoms with Gasteiger partial charge in [0.25, 0.3) is 5.91 Å². The highest BCUT2D eigenvalue weighted by Crippen LogP contribution is 2.44. The lowest BCUT2D eigenvalue weighted by Gasteiger charge is -2.18. The predicted molar refractivity (Wildman–Crippen MR) is 188 cm³/mol. The molecule has 1 aliphatic rings. The highest BCUT2D eigenvalue weighted by Gasteiger charge is 2.32. The van der Waals surface area contributed by atoms with Gasteiger partial charge in [-0.1, -0.05) is 89.7 Å². The molecule has 1 aromatic heterocycles. The standard InChI is InChI=1S/C33H26Cl4N2O6S2/c1-15-11-12-19-20(13-15)47-31(21(19)33(44)45-2)39-30(41)28(16-7-4-3-5-8-16)46-18-10-6-9-17(14-18)38-29(40)22-23(32(42)43)25(35)27(37)26(36)24(22)34/h3-10,14-15,28H,11-13H2,1-2H3,(H,38,40)(H,39,41)(H,42,43). The molecule has 14 heteroatoms. The van der Waals surface area contributed by atoms with Crippen molar-refractivity contribution in [3.05, 3.63) is 107 Å². The van der Waals surface area contributed by atoms with Gasteiger partial charge in [-0.25, -0.2) is 9.59 Å². The summed E-state index contributed by atoms with van der Waals surface area (Å²) >= 11 is 27.1. The average Bonchev–Trinajstić information content (AvgIpc) is 3.40. The maximum absolute atomic E-state index is 14.0. The fourth-order valence-corrected chi connectivity index (χ4v) is 8.76. The van der Waals surface area contributed by atoms with Crippen molar-refractivity contribution in [3.8, 4) is 0 Å². The van der Waals surface area contributed by atoms with Crippen molar-refractivity contribution in [2.24, 2.45) is 5.92 Å². The van der Waals surface area contributed by atoms with Crippen molar-refractivity contribution in [1.82, 2.24) is 0 Å². The summed E-state index contributed by atoms with van der Waals surface area (Å²) in [6.07, 6.45) is 2.50. The molecule has 8 nitrogen and oxygen atoms in total. The maximum atomic E-state index is 14.0. The van der Waals surface area contributed by atoms with Crippen LogP contribution in [0.1, 0.15) is 65.7 Å². The van der Waals surface area contributed by atoms with E-state index in [9.17, 15) is 24.3 Å². The predicted octanol–water partition coefficient (Wildman–Crippen LogP) is 9.70. The third-order valence-electron chi connectivity index (χ3n) is 7.53. The number of carbonyl (C=O) groups is 4. The number of benzene rings is 3. The summed E-state index contributed by atoms with van der Waals surface area (Å²) in [7, 11) is 1.32. The molecule has 0 saturated heterocycles. The molecular weight excluding hydrogens is 726 g/mol. The van der Waals surface area contributed by atoms with Gasteiger partial charge in [0, 0.05) is 15.5 Å². The molecule has 244 valence electrons. The molecule has 2 atom stereocenters. The first-order valence-corrected chi connectivity index (χ1v) is 17.4. The van der Waals surface area contributed by atoms with E-state index < -0.39 is 39.2 Å². The van der Waals surface area contributed by atoms with E-state index in [0.717, 1.165) is 29.7 Å². The summed E-state index contributed by atoms with van der Waals surface area (Å²) in [5, 5.41) is 13.8. The molecule has 0 radical (unpaired) electrons. The zero-order valence-corrected chi connectivity index (χ0v) is 29.4. The van der Waals surface area contributed by atoms with Gasteiger partial charge in [-0.05, 0) is 54.5 Å². The Morgan fingerprint density at radius 2 is 1.60 bits per heavy atom. The SMILES string of the molecule is COC(=O)c1c(NC(=O)C(Sc2cccc(NC(=O)c3c(Cl)c(Cl)c(Cl)c(Cl)c3C(=O)O)c2)c2ccccc2)sc2c1CCC(C)C2. The summed E-state index contributed by atoms with van der Waals surface area (Å²) in [6, 6.07) is 15.8. The van der Waals surface area contributed by atoms with Crippen LogP contribution in [0.25, 0.3) is 0 Å². The zero-order chi connectivity index (χ0) is 34.0. The molecule has 3 aromatic carbocycles. The molecule has 5 rings (SSSR count). The van der Waals surface area contributed by atoms with E-state index in [1.165, 1.54) is 30.2 Å². The molecule has 0 spiro atoms. The topological polar surface area (TPSA) is 122 Å². The van der Waals surface area contributed by atoms with E-state index in [2.05, 4.69) is 17.6 Å². The molecule has 0 fully saturated rings. The average molecular weight is 753 g/mol. The Balaban J connectivity index is 1.44. The normalized spacial score (nSPS) is 14.6. The molecule has 1 aliphatic carbocycles. The smallest absolute Gasteiger partial charge is 0.341 e. The minimum Gasteiger partial charge on any atom is -0.478 e. The number of nitrogens with one attached hydrogen (secondary N) is 2.